The molecule has 0 fully saturated rings. The van der Waals surface area contributed by atoms with Crippen molar-refractivity contribution in [3.8, 4) is 0 Å². The van der Waals surface area contributed by atoms with Gasteiger partial charge in [0.05, 0.1) is 5.94 Å². The maximum atomic E-state index is 12.3. The highest BCUT2D eigenvalue weighted by Crippen LogP contribution is 2.21. The lowest BCUT2D eigenvalue weighted by Crippen LogP contribution is -2.35. The zero-order valence-corrected chi connectivity index (χ0v) is 12.4. The molecule has 100 valence electrons. The average molecular weight is 266 g/mol. The number of benzene rings is 1. The van der Waals surface area contributed by atoms with E-state index >= 15 is 0 Å². The Labute approximate surface area is 114 Å². The zero-order valence-electron chi connectivity index (χ0n) is 11.6. The van der Waals surface area contributed by atoms with Gasteiger partial charge in [-0.25, -0.2) is 0 Å². The molecule has 18 heavy (non-hydrogen) atoms. The molecule has 2 nitrogen and oxygen atoms in total. The van der Waals surface area contributed by atoms with Gasteiger partial charge in [-0.2, -0.15) is 0 Å². The third-order valence-electron chi connectivity index (χ3n) is 2.93. The minimum Gasteiger partial charge on any atom is -0.357 e. The van der Waals surface area contributed by atoms with Crippen LogP contribution in [0.1, 0.15) is 44.5 Å². The summed E-state index contributed by atoms with van der Waals surface area (Å²) in [6.45, 7) is 7.98. The van der Waals surface area contributed by atoms with E-state index in [9.17, 15) is 4.79 Å². The monoisotopic (exact) mass is 266 g/mol. The Morgan fingerprint density at radius 3 is 2.50 bits per heavy atom. The van der Waals surface area contributed by atoms with Crippen molar-refractivity contribution in [2.24, 2.45) is 0 Å². The van der Waals surface area contributed by atoms with Crippen LogP contribution in [0.4, 0.5) is 0 Å². The normalized spacial score (nSPS) is 13.3. The second-order valence-electron chi connectivity index (χ2n) is 4.85. The van der Waals surface area contributed by atoms with Crippen LogP contribution in [-0.2, 0) is 4.74 Å². The SMILES string of the molecule is CCC(C)SCOC(C)(C)C(=O)c1ccccc1. The second kappa shape index (κ2) is 6.95. The van der Waals surface area contributed by atoms with E-state index in [0.717, 1.165) is 6.42 Å². The maximum absolute atomic E-state index is 12.3. The van der Waals surface area contributed by atoms with Crippen molar-refractivity contribution in [1.29, 1.82) is 0 Å². The van der Waals surface area contributed by atoms with E-state index in [2.05, 4.69) is 13.8 Å². The molecule has 3 heteroatoms. The predicted octanol–water partition coefficient (Wildman–Crippen LogP) is 4.15. The minimum absolute atomic E-state index is 0.0350. The number of hydrogen-bond donors (Lipinski definition) is 0. The molecule has 0 spiro atoms. The van der Waals surface area contributed by atoms with Gasteiger partial charge in [0.25, 0.3) is 0 Å². The van der Waals surface area contributed by atoms with E-state index in [0.29, 0.717) is 16.8 Å². The summed E-state index contributed by atoms with van der Waals surface area (Å²) in [4.78, 5) is 12.3. The number of carbonyl (C=O) groups excluding carboxylic acids is 1. The fourth-order valence-corrected chi connectivity index (χ4v) is 2.25. The van der Waals surface area contributed by atoms with Crippen LogP contribution in [0.5, 0.6) is 0 Å². The van der Waals surface area contributed by atoms with Gasteiger partial charge in [-0.3, -0.25) is 4.79 Å². The van der Waals surface area contributed by atoms with Gasteiger partial charge in [-0.15, -0.1) is 11.8 Å². The van der Waals surface area contributed by atoms with Crippen LogP contribution in [0.3, 0.4) is 0 Å². The van der Waals surface area contributed by atoms with E-state index in [-0.39, 0.29) is 5.78 Å². The Hall–Kier alpha value is -0.800. The third kappa shape index (κ3) is 4.46. The molecular formula is C15H22O2S. The summed E-state index contributed by atoms with van der Waals surface area (Å²) in [5.74, 6) is 0.591. The van der Waals surface area contributed by atoms with Crippen LogP contribution in [0.15, 0.2) is 30.3 Å². The molecule has 0 aliphatic carbocycles. The first-order valence-electron chi connectivity index (χ1n) is 6.32. The molecule has 1 unspecified atom stereocenters. The first kappa shape index (κ1) is 15.3. The molecule has 0 amide bonds. The van der Waals surface area contributed by atoms with Crippen molar-refractivity contribution in [3.05, 3.63) is 35.9 Å². The van der Waals surface area contributed by atoms with Crippen molar-refractivity contribution in [2.45, 2.75) is 45.0 Å². The highest BCUT2D eigenvalue weighted by Gasteiger charge is 2.29. The Kier molecular flexibility index (Phi) is 5.89. The molecule has 0 radical (unpaired) electrons. The quantitative estimate of drug-likeness (QED) is 0.547. The van der Waals surface area contributed by atoms with E-state index in [1.165, 1.54) is 0 Å². The summed E-state index contributed by atoms with van der Waals surface area (Å²) in [5, 5.41) is 0.563. The summed E-state index contributed by atoms with van der Waals surface area (Å²) < 4.78 is 5.73. The van der Waals surface area contributed by atoms with E-state index in [1.54, 1.807) is 11.8 Å². The molecule has 0 saturated heterocycles. The molecule has 1 aromatic rings. The molecule has 0 aliphatic heterocycles. The Morgan fingerprint density at radius 2 is 1.94 bits per heavy atom. The second-order valence-corrected chi connectivity index (χ2v) is 6.23. The Morgan fingerprint density at radius 1 is 1.33 bits per heavy atom. The van der Waals surface area contributed by atoms with Gasteiger partial charge in [-0.05, 0) is 20.3 Å². The van der Waals surface area contributed by atoms with Gasteiger partial charge in [0.2, 0.25) is 0 Å². The van der Waals surface area contributed by atoms with Crippen LogP contribution < -0.4 is 0 Å². The molecule has 0 aromatic heterocycles. The van der Waals surface area contributed by atoms with Crippen molar-refractivity contribution < 1.29 is 9.53 Å². The third-order valence-corrected chi connectivity index (χ3v) is 4.09. The molecule has 0 saturated carbocycles. The van der Waals surface area contributed by atoms with Crippen molar-refractivity contribution >= 4 is 17.5 Å². The summed E-state index contributed by atoms with van der Waals surface area (Å²) >= 11 is 1.74. The van der Waals surface area contributed by atoms with Gasteiger partial charge in [0, 0.05) is 10.8 Å². The van der Waals surface area contributed by atoms with Crippen molar-refractivity contribution in [1.82, 2.24) is 0 Å². The standard InChI is InChI=1S/C15H22O2S/c1-5-12(2)18-11-17-15(3,4)14(16)13-9-7-6-8-10-13/h6-10,12H,5,11H2,1-4H3. The molecule has 0 heterocycles. The predicted molar refractivity (Wildman–Crippen MR) is 78.1 cm³/mol. The fraction of sp³-hybridized carbons (Fsp3) is 0.533. The number of hydrogen-bond acceptors (Lipinski definition) is 3. The molecule has 0 aliphatic rings. The molecule has 0 N–H and O–H groups in total. The van der Waals surface area contributed by atoms with Crippen LogP contribution in [0, 0.1) is 0 Å². The van der Waals surface area contributed by atoms with Gasteiger partial charge in [-0.1, -0.05) is 44.2 Å². The fourth-order valence-electron chi connectivity index (χ4n) is 1.42. The van der Waals surface area contributed by atoms with Gasteiger partial charge >= 0.3 is 0 Å². The topological polar surface area (TPSA) is 26.3 Å². The molecule has 1 rings (SSSR count). The zero-order chi connectivity index (χ0) is 13.6. The van der Waals surface area contributed by atoms with Crippen LogP contribution >= 0.6 is 11.8 Å². The maximum Gasteiger partial charge on any atom is 0.194 e. The summed E-state index contributed by atoms with van der Waals surface area (Å²) in [6, 6.07) is 9.31. The molecule has 1 aromatic carbocycles. The molecular weight excluding hydrogens is 244 g/mol. The van der Waals surface area contributed by atoms with E-state index in [1.807, 2.05) is 44.2 Å². The number of ketones is 1. The minimum atomic E-state index is -0.762. The Balaban J connectivity index is 2.55. The summed E-state index contributed by atoms with van der Waals surface area (Å²) in [6.07, 6.45) is 1.11. The number of ether oxygens (including phenoxy) is 1. The van der Waals surface area contributed by atoms with Crippen LogP contribution in [0.25, 0.3) is 0 Å². The molecule has 1 atom stereocenters. The lowest BCUT2D eigenvalue weighted by molar-refractivity contribution is 0.0164. The van der Waals surface area contributed by atoms with E-state index < -0.39 is 5.60 Å². The van der Waals surface area contributed by atoms with Crippen LogP contribution in [-0.4, -0.2) is 22.6 Å². The van der Waals surface area contributed by atoms with Crippen molar-refractivity contribution in [3.63, 3.8) is 0 Å². The van der Waals surface area contributed by atoms with Gasteiger partial charge in [0.15, 0.2) is 5.78 Å². The highest BCUT2D eigenvalue weighted by atomic mass is 32.2. The number of carbonyl (C=O) groups is 1. The highest BCUT2D eigenvalue weighted by molar-refractivity contribution is 7.99. The summed E-state index contributed by atoms with van der Waals surface area (Å²) in [5.41, 5.74) is -0.0574. The van der Waals surface area contributed by atoms with E-state index in [4.69, 9.17) is 4.74 Å². The number of thioether (sulfide) groups is 1. The largest absolute Gasteiger partial charge is 0.357 e. The van der Waals surface area contributed by atoms with Crippen LogP contribution in [0.2, 0.25) is 0 Å². The first-order valence-corrected chi connectivity index (χ1v) is 7.37. The lowest BCUT2D eigenvalue weighted by atomic mass is 9.97. The lowest BCUT2D eigenvalue weighted by Gasteiger charge is -2.24. The summed E-state index contributed by atoms with van der Waals surface area (Å²) in [7, 11) is 0. The van der Waals surface area contributed by atoms with Gasteiger partial charge < -0.3 is 4.74 Å². The number of Topliss-reactive ketones (excluding diaryl/α,β-unsaturated/α-hetero) is 1. The number of rotatable bonds is 7. The first-order chi connectivity index (χ1) is 8.47. The smallest absolute Gasteiger partial charge is 0.194 e. The average Bonchev–Trinajstić information content (AvgIpc) is 2.38. The van der Waals surface area contributed by atoms with Gasteiger partial charge in [0.1, 0.15) is 5.60 Å². The Bertz CT molecular complexity index is 373. The van der Waals surface area contributed by atoms with Crippen molar-refractivity contribution in [2.75, 3.05) is 5.94 Å². The molecule has 0 bridgehead atoms.